The van der Waals surface area contributed by atoms with Crippen LogP contribution in [0.3, 0.4) is 0 Å². The standard InChI is InChI=1S/C27H34BrNO5/c1-6-7-16-32-22-17-20(21-14-11-15-29(21)26(31)34-27(3,4)5)24(28)18(2)23(22)25(30)33-19-12-9-8-10-13-19/h8-10,12-13,17,21H,6-7,11,14-16H2,1-5H3. The van der Waals surface area contributed by atoms with Crippen molar-refractivity contribution >= 4 is 28.0 Å². The second-order valence-electron chi connectivity index (χ2n) is 9.51. The summed E-state index contributed by atoms with van der Waals surface area (Å²) >= 11 is 3.71. The van der Waals surface area contributed by atoms with E-state index in [2.05, 4.69) is 22.9 Å². The average Bonchev–Trinajstić information content (AvgIpc) is 3.25. The van der Waals surface area contributed by atoms with E-state index in [0.717, 1.165) is 41.3 Å². The maximum Gasteiger partial charge on any atom is 0.410 e. The highest BCUT2D eigenvalue weighted by Gasteiger charge is 2.36. The van der Waals surface area contributed by atoms with Crippen LogP contribution in [0.25, 0.3) is 0 Å². The second kappa shape index (κ2) is 11.3. The summed E-state index contributed by atoms with van der Waals surface area (Å²) in [5.74, 6) is 0.470. The Hall–Kier alpha value is -2.54. The predicted octanol–water partition coefficient (Wildman–Crippen LogP) is 7.23. The molecule has 0 radical (unpaired) electrons. The lowest BCUT2D eigenvalue weighted by molar-refractivity contribution is 0.0223. The zero-order chi connectivity index (χ0) is 24.9. The lowest BCUT2D eigenvalue weighted by atomic mass is 9.97. The number of carbonyl (C=O) groups is 2. The van der Waals surface area contributed by atoms with E-state index in [0.29, 0.717) is 30.2 Å². The quantitative estimate of drug-likeness (QED) is 0.214. The maximum absolute atomic E-state index is 13.2. The Kier molecular flexibility index (Phi) is 8.63. The number of esters is 1. The molecule has 184 valence electrons. The average molecular weight is 532 g/mol. The molecular formula is C27H34BrNO5. The molecule has 1 aliphatic rings. The van der Waals surface area contributed by atoms with Gasteiger partial charge < -0.3 is 19.1 Å². The van der Waals surface area contributed by atoms with Crippen LogP contribution in [0.2, 0.25) is 0 Å². The van der Waals surface area contributed by atoms with Crippen LogP contribution in [0, 0.1) is 6.92 Å². The van der Waals surface area contributed by atoms with E-state index in [1.807, 2.05) is 52.0 Å². The number of hydrogen-bond donors (Lipinski definition) is 0. The molecule has 1 amide bonds. The minimum atomic E-state index is -0.573. The fraction of sp³-hybridized carbons (Fsp3) is 0.481. The summed E-state index contributed by atoms with van der Waals surface area (Å²) in [7, 11) is 0. The molecule has 3 rings (SSSR count). The molecule has 34 heavy (non-hydrogen) atoms. The number of benzene rings is 2. The molecule has 1 saturated heterocycles. The van der Waals surface area contributed by atoms with Crippen molar-refractivity contribution < 1.29 is 23.8 Å². The number of carbonyl (C=O) groups excluding carboxylic acids is 2. The number of likely N-dealkylation sites (tertiary alicyclic amines) is 1. The van der Waals surface area contributed by atoms with Crippen molar-refractivity contribution in [3.63, 3.8) is 0 Å². The summed E-state index contributed by atoms with van der Waals surface area (Å²) < 4.78 is 18.2. The fourth-order valence-electron chi connectivity index (χ4n) is 4.00. The predicted molar refractivity (Wildman–Crippen MR) is 136 cm³/mol. The van der Waals surface area contributed by atoms with Gasteiger partial charge in [0.1, 0.15) is 22.7 Å². The molecule has 1 atom stereocenters. The fourth-order valence-corrected chi connectivity index (χ4v) is 4.58. The Morgan fingerprint density at radius 2 is 1.88 bits per heavy atom. The van der Waals surface area contributed by atoms with E-state index in [4.69, 9.17) is 14.2 Å². The minimum Gasteiger partial charge on any atom is -0.493 e. The van der Waals surface area contributed by atoms with Crippen LogP contribution in [0.4, 0.5) is 4.79 Å². The molecule has 0 aromatic heterocycles. The van der Waals surface area contributed by atoms with Crippen LogP contribution in [0.5, 0.6) is 11.5 Å². The number of hydrogen-bond acceptors (Lipinski definition) is 5. The van der Waals surface area contributed by atoms with E-state index in [1.54, 1.807) is 17.0 Å². The van der Waals surface area contributed by atoms with E-state index in [9.17, 15) is 9.59 Å². The first kappa shape index (κ1) is 26.1. The van der Waals surface area contributed by atoms with Crippen molar-refractivity contribution in [2.75, 3.05) is 13.2 Å². The highest BCUT2D eigenvalue weighted by atomic mass is 79.9. The van der Waals surface area contributed by atoms with E-state index in [-0.39, 0.29) is 12.1 Å². The molecule has 1 heterocycles. The lowest BCUT2D eigenvalue weighted by Gasteiger charge is -2.30. The maximum atomic E-state index is 13.2. The number of halogens is 1. The van der Waals surface area contributed by atoms with Gasteiger partial charge in [-0.15, -0.1) is 0 Å². The third-order valence-corrected chi connectivity index (χ3v) is 6.70. The lowest BCUT2D eigenvalue weighted by Crippen LogP contribution is -2.36. The summed E-state index contributed by atoms with van der Waals surface area (Å²) in [6, 6.07) is 10.7. The van der Waals surface area contributed by atoms with Gasteiger partial charge in [-0.05, 0) is 76.3 Å². The number of amides is 1. The van der Waals surface area contributed by atoms with Crippen molar-refractivity contribution in [3.05, 3.63) is 57.6 Å². The van der Waals surface area contributed by atoms with Crippen LogP contribution in [-0.4, -0.2) is 35.7 Å². The molecule has 6 nitrogen and oxygen atoms in total. The normalized spacial score (nSPS) is 15.8. The Labute approximate surface area is 210 Å². The molecule has 2 aromatic carbocycles. The molecular weight excluding hydrogens is 498 g/mol. The van der Waals surface area contributed by atoms with Crippen LogP contribution in [0.1, 0.15) is 80.9 Å². The first-order chi connectivity index (χ1) is 16.1. The monoisotopic (exact) mass is 531 g/mol. The summed E-state index contributed by atoms with van der Waals surface area (Å²) in [5.41, 5.74) is 1.44. The molecule has 0 aliphatic carbocycles. The summed E-state index contributed by atoms with van der Waals surface area (Å²) in [4.78, 5) is 27.9. The number of nitrogens with zero attached hydrogens (tertiary/aromatic N) is 1. The molecule has 1 unspecified atom stereocenters. The Morgan fingerprint density at radius 1 is 1.18 bits per heavy atom. The number of unbranched alkanes of at least 4 members (excludes halogenated alkanes) is 1. The Balaban J connectivity index is 1.99. The van der Waals surface area contributed by atoms with Gasteiger partial charge in [0.2, 0.25) is 0 Å². The highest BCUT2D eigenvalue weighted by Crippen LogP contribution is 2.42. The van der Waals surface area contributed by atoms with Gasteiger partial charge in [-0.1, -0.05) is 47.5 Å². The van der Waals surface area contributed by atoms with Gasteiger partial charge in [0.05, 0.1) is 12.6 Å². The second-order valence-corrected chi connectivity index (χ2v) is 10.3. The molecule has 7 heteroatoms. The van der Waals surface area contributed by atoms with E-state index < -0.39 is 11.6 Å². The number of ether oxygens (including phenoxy) is 3. The van der Waals surface area contributed by atoms with Gasteiger partial charge in [-0.2, -0.15) is 0 Å². The highest BCUT2D eigenvalue weighted by molar-refractivity contribution is 9.10. The van der Waals surface area contributed by atoms with Crippen molar-refractivity contribution in [2.24, 2.45) is 0 Å². The Bertz CT molecular complexity index is 1020. The molecule has 1 aliphatic heterocycles. The molecule has 0 spiro atoms. The van der Waals surface area contributed by atoms with Gasteiger partial charge in [-0.25, -0.2) is 9.59 Å². The summed E-state index contributed by atoms with van der Waals surface area (Å²) in [6.45, 7) is 10.7. The third kappa shape index (κ3) is 6.32. The number of para-hydroxylation sites is 1. The van der Waals surface area contributed by atoms with E-state index >= 15 is 0 Å². The van der Waals surface area contributed by atoms with E-state index in [1.165, 1.54) is 0 Å². The summed E-state index contributed by atoms with van der Waals surface area (Å²) in [6.07, 6.45) is 3.19. The molecule has 1 fully saturated rings. The van der Waals surface area contributed by atoms with Gasteiger partial charge in [0.15, 0.2) is 0 Å². The van der Waals surface area contributed by atoms with Crippen LogP contribution in [-0.2, 0) is 4.74 Å². The van der Waals surface area contributed by atoms with Crippen molar-refractivity contribution in [2.45, 2.75) is 71.9 Å². The smallest absolute Gasteiger partial charge is 0.410 e. The Morgan fingerprint density at radius 3 is 2.53 bits per heavy atom. The van der Waals surface area contributed by atoms with Gasteiger partial charge in [0, 0.05) is 11.0 Å². The van der Waals surface area contributed by atoms with Gasteiger partial charge in [-0.3, -0.25) is 0 Å². The summed E-state index contributed by atoms with van der Waals surface area (Å²) in [5, 5.41) is 0. The first-order valence-corrected chi connectivity index (χ1v) is 12.6. The zero-order valence-electron chi connectivity index (χ0n) is 20.7. The SMILES string of the molecule is CCCCOc1cc(C2CCCN2C(=O)OC(C)(C)C)c(Br)c(C)c1C(=O)Oc1ccccc1. The van der Waals surface area contributed by atoms with Gasteiger partial charge in [0.25, 0.3) is 0 Å². The molecule has 2 aromatic rings. The number of rotatable bonds is 7. The van der Waals surface area contributed by atoms with Crippen molar-refractivity contribution in [1.29, 1.82) is 0 Å². The molecule has 0 N–H and O–H groups in total. The van der Waals surface area contributed by atoms with Crippen LogP contribution in [0.15, 0.2) is 40.9 Å². The van der Waals surface area contributed by atoms with Crippen molar-refractivity contribution in [1.82, 2.24) is 4.90 Å². The third-order valence-electron chi connectivity index (χ3n) is 5.64. The molecule has 0 bridgehead atoms. The zero-order valence-corrected chi connectivity index (χ0v) is 22.2. The largest absolute Gasteiger partial charge is 0.493 e. The minimum absolute atomic E-state index is 0.171. The van der Waals surface area contributed by atoms with Crippen LogP contribution >= 0.6 is 15.9 Å². The van der Waals surface area contributed by atoms with Crippen LogP contribution < -0.4 is 9.47 Å². The van der Waals surface area contributed by atoms with Gasteiger partial charge >= 0.3 is 12.1 Å². The topological polar surface area (TPSA) is 65.1 Å². The first-order valence-electron chi connectivity index (χ1n) is 11.8. The van der Waals surface area contributed by atoms with Crippen molar-refractivity contribution in [3.8, 4) is 11.5 Å². The molecule has 0 saturated carbocycles.